The number of rotatable bonds is 7. The van der Waals surface area contributed by atoms with Gasteiger partial charge >= 0.3 is 15.6 Å². The molecule has 178 valence electrons. The first kappa shape index (κ1) is 23.8. The van der Waals surface area contributed by atoms with Crippen LogP contribution in [0.25, 0.3) is 11.1 Å². The van der Waals surface area contributed by atoms with Crippen LogP contribution in [0.5, 0.6) is 11.5 Å². The van der Waals surface area contributed by atoms with Crippen molar-refractivity contribution in [2.24, 2.45) is 0 Å². The summed E-state index contributed by atoms with van der Waals surface area (Å²) in [5.74, 6) is 0.187. The second-order valence-electron chi connectivity index (χ2n) is 7.49. The molecule has 6 nitrogen and oxygen atoms in total. The fourth-order valence-electron chi connectivity index (χ4n) is 3.83. The highest BCUT2D eigenvalue weighted by molar-refractivity contribution is 7.88. The topological polar surface area (TPSA) is 85.7 Å². The van der Waals surface area contributed by atoms with Gasteiger partial charge in [0.15, 0.2) is 0 Å². The number of aliphatic hydroxyl groups is 1. The Bertz CT molecular complexity index is 1300. The minimum absolute atomic E-state index is 0.111. The number of nitrogens with zero attached hydrogens (tertiary/aromatic N) is 1. The second-order valence-corrected chi connectivity index (χ2v) is 9.03. The Morgan fingerprint density at radius 1 is 0.971 bits per heavy atom. The van der Waals surface area contributed by atoms with E-state index in [1.807, 2.05) is 24.3 Å². The zero-order chi connectivity index (χ0) is 24.3. The molecule has 10 heteroatoms. The summed E-state index contributed by atoms with van der Waals surface area (Å²) < 4.78 is 70.8. The molecule has 0 aliphatic heterocycles. The van der Waals surface area contributed by atoms with E-state index in [9.17, 15) is 21.6 Å². The Morgan fingerprint density at radius 2 is 1.71 bits per heavy atom. The van der Waals surface area contributed by atoms with Gasteiger partial charge in [0.1, 0.15) is 18.1 Å². The molecule has 0 amide bonds. The number of alkyl halides is 3. The van der Waals surface area contributed by atoms with Gasteiger partial charge in [0.25, 0.3) is 0 Å². The number of pyridine rings is 1. The Kier molecular flexibility index (Phi) is 6.63. The summed E-state index contributed by atoms with van der Waals surface area (Å²) in [4.78, 5) is 4.20. The average Bonchev–Trinajstić information content (AvgIpc) is 2.82. The molecule has 1 N–H and O–H groups in total. The summed E-state index contributed by atoms with van der Waals surface area (Å²) >= 11 is 0. The molecule has 0 bridgehead atoms. The van der Waals surface area contributed by atoms with E-state index >= 15 is 0 Å². The van der Waals surface area contributed by atoms with E-state index in [-0.39, 0.29) is 13.2 Å². The minimum atomic E-state index is -5.76. The van der Waals surface area contributed by atoms with E-state index in [0.29, 0.717) is 24.2 Å². The maximum atomic E-state index is 12.7. The van der Waals surface area contributed by atoms with Crippen LogP contribution in [0.15, 0.2) is 67.0 Å². The predicted molar refractivity (Wildman–Crippen MR) is 120 cm³/mol. The van der Waals surface area contributed by atoms with Gasteiger partial charge in [0.05, 0.1) is 6.61 Å². The predicted octanol–water partition coefficient (Wildman–Crippen LogP) is 4.59. The molecule has 0 atom stereocenters. The number of hydrogen-bond acceptors (Lipinski definition) is 6. The first-order valence-corrected chi connectivity index (χ1v) is 11.7. The van der Waals surface area contributed by atoms with Crippen LogP contribution in [0.4, 0.5) is 13.2 Å². The molecule has 3 aromatic rings. The van der Waals surface area contributed by atoms with Crippen molar-refractivity contribution in [1.29, 1.82) is 0 Å². The van der Waals surface area contributed by atoms with Crippen LogP contribution < -0.4 is 8.92 Å². The third-order valence-corrected chi connectivity index (χ3v) is 6.27. The Labute approximate surface area is 194 Å². The van der Waals surface area contributed by atoms with Gasteiger partial charge in [-0.1, -0.05) is 24.3 Å². The van der Waals surface area contributed by atoms with E-state index in [0.717, 1.165) is 27.8 Å². The number of fused-ring (bicyclic) bond motifs is 1. The lowest BCUT2D eigenvalue weighted by Crippen LogP contribution is -2.28. The van der Waals surface area contributed by atoms with Gasteiger partial charge in [0.2, 0.25) is 0 Å². The summed E-state index contributed by atoms with van der Waals surface area (Å²) in [6, 6.07) is 15.1. The van der Waals surface area contributed by atoms with Crippen LogP contribution in [0.2, 0.25) is 0 Å². The number of aliphatic hydroxyl groups excluding tert-OH is 1. The molecule has 1 aliphatic carbocycles. The molecule has 34 heavy (non-hydrogen) atoms. The van der Waals surface area contributed by atoms with Crippen LogP contribution in [-0.4, -0.2) is 37.2 Å². The highest BCUT2D eigenvalue weighted by Gasteiger charge is 2.48. The lowest BCUT2D eigenvalue weighted by Gasteiger charge is -2.25. The lowest BCUT2D eigenvalue weighted by molar-refractivity contribution is -0.0500. The average molecular weight is 491 g/mol. The highest BCUT2D eigenvalue weighted by Crippen LogP contribution is 2.42. The first-order chi connectivity index (χ1) is 16.2. The monoisotopic (exact) mass is 491 g/mol. The van der Waals surface area contributed by atoms with Crippen molar-refractivity contribution in [3.63, 3.8) is 0 Å². The van der Waals surface area contributed by atoms with E-state index in [4.69, 9.17) is 9.84 Å². The molecule has 0 fully saturated rings. The van der Waals surface area contributed by atoms with Gasteiger partial charge in [-0.2, -0.15) is 21.6 Å². The summed E-state index contributed by atoms with van der Waals surface area (Å²) in [5.41, 5.74) is -0.490. The van der Waals surface area contributed by atoms with Crippen molar-refractivity contribution in [3.05, 3.63) is 89.2 Å². The summed E-state index contributed by atoms with van der Waals surface area (Å²) in [6.45, 7) is 0.0509. The molecule has 1 aromatic heterocycles. The van der Waals surface area contributed by atoms with Gasteiger partial charge in [-0.15, -0.1) is 0 Å². The molecule has 4 rings (SSSR count). The smallest absolute Gasteiger partial charge is 0.491 e. The summed E-state index contributed by atoms with van der Waals surface area (Å²) in [5, 5.41) is 8.94. The fraction of sp³-hybridized carbons (Fsp3) is 0.208. The second kappa shape index (κ2) is 9.47. The number of aryl methyl sites for hydroxylation is 1. The quantitative estimate of drug-likeness (QED) is 0.385. The van der Waals surface area contributed by atoms with Crippen LogP contribution in [0.3, 0.4) is 0 Å². The highest BCUT2D eigenvalue weighted by atomic mass is 32.2. The van der Waals surface area contributed by atoms with Gasteiger partial charge < -0.3 is 14.0 Å². The van der Waals surface area contributed by atoms with Crippen molar-refractivity contribution in [2.45, 2.75) is 18.3 Å². The van der Waals surface area contributed by atoms with Crippen LogP contribution in [0.1, 0.15) is 28.7 Å². The Hall–Kier alpha value is -3.37. The molecule has 0 spiro atoms. The largest absolute Gasteiger partial charge is 0.534 e. The zero-order valence-electron chi connectivity index (χ0n) is 17.7. The van der Waals surface area contributed by atoms with Crippen molar-refractivity contribution >= 4 is 21.3 Å². The van der Waals surface area contributed by atoms with Gasteiger partial charge in [-0.3, -0.25) is 4.98 Å². The van der Waals surface area contributed by atoms with E-state index in [2.05, 4.69) is 9.17 Å². The van der Waals surface area contributed by atoms with Crippen molar-refractivity contribution in [2.75, 3.05) is 13.2 Å². The maximum absolute atomic E-state index is 12.7. The molecule has 0 saturated heterocycles. The third kappa shape index (κ3) is 4.92. The molecule has 2 aromatic carbocycles. The Morgan fingerprint density at radius 3 is 2.35 bits per heavy atom. The SMILES string of the molecule is O=S(=O)(Oc1ccc2c(c1)CCC(c1cccnc1)=C2c1ccc(OCCO)cc1)C(F)(F)F. The molecule has 0 radical (unpaired) electrons. The molecular formula is C24H20F3NO5S. The number of benzene rings is 2. The molecule has 0 unspecified atom stereocenters. The van der Waals surface area contributed by atoms with E-state index < -0.39 is 21.4 Å². The van der Waals surface area contributed by atoms with E-state index in [1.165, 1.54) is 12.1 Å². The number of aromatic nitrogens is 1. The molecular weight excluding hydrogens is 471 g/mol. The molecule has 1 aliphatic rings. The lowest BCUT2D eigenvalue weighted by atomic mass is 9.80. The zero-order valence-corrected chi connectivity index (χ0v) is 18.6. The van der Waals surface area contributed by atoms with E-state index in [1.54, 1.807) is 30.6 Å². The first-order valence-electron chi connectivity index (χ1n) is 10.3. The standard InChI is InChI=1S/C24H20F3NO5S/c25-24(26,27)34(30,31)33-20-8-10-21-17(14-20)5-9-22(18-2-1-11-28-15-18)23(21)16-3-6-19(7-4-16)32-13-12-29/h1-4,6-8,10-11,14-15,29H,5,9,12-13H2. The maximum Gasteiger partial charge on any atom is 0.534 e. The number of allylic oxidation sites excluding steroid dienone is 1. The number of hydrogen-bond donors (Lipinski definition) is 1. The van der Waals surface area contributed by atoms with Crippen LogP contribution >= 0.6 is 0 Å². The number of ether oxygens (including phenoxy) is 1. The van der Waals surface area contributed by atoms with Crippen molar-refractivity contribution < 1.29 is 35.6 Å². The van der Waals surface area contributed by atoms with Crippen molar-refractivity contribution in [1.82, 2.24) is 4.98 Å². The van der Waals surface area contributed by atoms with Gasteiger partial charge in [-0.05, 0) is 76.6 Å². The third-order valence-electron chi connectivity index (χ3n) is 5.29. The molecule has 0 saturated carbocycles. The number of halogens is 3. The Balaban J connectivity index is 1.78. The van der Waals surface area contributed by atoms with Crippen LogP contribution in [-0.2, 0) is 16.5 Å². The summed E-state index contributed by atoms with van der Waals surface area (Å²) in [7, 11) is -5.76. The fourth-order valence-corrected chi connectivity index (χ4v) is 4.29. The normalized spacial score (nSPS) is 14.0. The summed E-state index contributed by atoms with van der Waals surface area (Å²) in [6.07, 6.45) is 4.45. The molecule has 1 heterocycles. The van der Waals surface area contributed by atoms with Gasteiger partial charge in [-0.25, -0.2) is 0 Å². The minimum Gasteiger partial charge on any atom is -0.491 e. The van der Waals surface area contributed by atoms with Crippen LogP contribution in [0, 0.1) is 0 Å². The van der Waals surface area contributed by atoms with Gasteiger partial charge in [0, 0.05) is 12.4 Å². The van der Waals surface area contributed by atoms with Crippen molar-refractivity contribution in [3.8, 4) is 11.5 Å².